The molecule has 3 rings (SSSR count). The van der Waals surface area contributed by atoms with Crippen LogP contribution in [-0.2, 0) is 10.5 Å². The van der Waals surface area contributed by atoms with Crippen molar-refractivity contribution in [3.63, 3.8) is 0 Å². The van der Waals surface area contributed by atoms with E-state index in [-0.39, 0.29) is 12.0 Å². The third-order valence-electron chi connectivity index (χ3n) is 4.25. The molecule has 1 aliphatic heterocycles. The summed E-state index contributed by atoms with van der Waals surface area (Å²) >= 11 is 3.27. The van der Waals surface area contributed by atoms with Gasteiger partial charge in [-0.3, -0.25) is 4.79 Å². The van der Waals surface area contributed by atoms with Crippen molar-refractivity contribution in [2.75, 3.05) is 32.8 Å². The molecule has 0 aliphatic carbocycles. The molecule has 2 amide bonds. The van der Waals surface area contributed by atoms with E-state index in [0.717, 1.165) is 21.3 Å². The molecular weight excluding hydrogens is 382 g/mol. The normalized spacial score (nSPS) is 14.3. The van der Waals surface area contributed by atoms with Gasteiger partial charge < -0.3 is 14.5 Å². The number of amides is 2. The lowest BCUT2D eigenvalue weighted by Gasteiger charge is -2.34. The van der Waals surface area contributed by atoms with E-state index in [1.165, 1.54) is 0 Å². The molecule has 0 unspecified atom stereocenters. The molecule has 8 heteroatoms. The number of piperazine rings is 1. The van der Waals surface area contributed by atoms with Crippen LogP contribution in [0.5, 0.6) is 0 Å². The number of thiazole rings is 1. The number of hydrogen-bond acceptors (Lipinski definition) is 6. The molecule has 1 fully saturated rings. The molecule has 6 nitrogen and oxygen atoms in total. The highest BCUT2D eigenvalue weighted by Crippen LogP contribution is 2.28. The van der Waals surface area contributed by atoms with E-state index < -0.39 is 0 Å². The zero-order chi connectivity index (χ0) is 19.2. The molecule has 1 saturated heterocycles. The van der Waals surface area contributed by atoms with Gasteiger partial charge >= 0.3 is 6.09 Å². The van der Waals surface area contributed by atoms with E-state index in [0.29, 0.717) is 38.3 Å². The Morgan fingerprint density at radius 3 is 2.56 bits per heavy atom. The number of carbonyl (C=O) groups is 2. The summed E-state index contributed by atoms with van der Waals surface area (Å²) < 4.78 is 5.03. The van der Waals surface area contributed by atoms with Gasteiger partial charge in [0.05, 0.1) is 22.9 Å². The van der Waals surface area contributed by atoms with Crippen LogP contribution in [0.25, 0.3) is 0 Å². The van der Waals surface area contributed by atoms with Crippen LogP contribution in [0.2, 0.25) is 0 Å². The number of aryl methyl sites for hydroxylation is 1. The van der Waals surface area contributed by atoms with Gasteiger partial charge in [0, 0.05) is 42.2 Å². The Morgan fingerprint density at radius 2 is 1.89 bits per heavy atom. The van der Waals surface area contributed by atoms with Crippen molar-refractivity contribution in [2.24, 2.45) is 0 Å². The van der Waals surface area contributed by atoms with Crippen LogP contribution in [0.1, 0.15) is 28.0 Å². The van der Waals surface area contributed by atoms with Gasteiger partial charge in [0.1, 0.15) is 0 Å². The molecule has 2 aromatic rings. The van der Waals surface area contributed by atoms with Gasteiger partial charge in [0.15, 0.2) is 0 Å². The molecule has 0 saturated carbocycles. The van der Waals surface area contributed by atoms with Gasteiger partial charge in [-0.1, -0.05) is 12.1 Å². The Hall–Kier alpha value is -2.06. The first-order valence-electron chi connectivity index (χ1n) is 8.92. The molecule has 1 aromatic heterocycles. The maximum absolute atomic E-state index is 13.0. The summed E-state index contributed by atoms with van der Waals surface area (Å²) in [6.45, 7) is 6.17. The van der Waals surface area contributed by atoms with Crippen molar-refractivity contribution >= 4 is 35.1 Å². The predicted octanol–water partition coefficient (Wildman–Crippen LogP) is 3.66. The standard InChI is InChI=1S/C19H23N3O3S2/c1-3-25-19(24)22-10-8-21(9-11-22)18(23)16-6-4-5-7-17(16)27-13-15-12-26-14(2)20-15/h4-7,12H,3,8-11,13H2,1-2H3. The van der Waals surface area contributed by atoms with Crippen molar-refractivity contribution in [3.05, 3.63) is 45.9 Å². The number of hydrogen-bond donors (Lipinski definition) is 0. The van der Waals surface area contributed by atoms with E-state index >= 15 is 0 Å². The molecule has 1 aromatic carbocycles. The number of benzene rings is 1. The van der Waals surface area contributed by atoms with Crippen molar-refractivity contribution in [1.29, 1.82) is 0 Å². The van der Waals surface area contributed by atoms with Gasteiger partial charge in [-0.25, -0.2) is 9.78 Å². The van der Waals surface area contributed by atoms with Crippen LogP contribution < -0.4 is 0 Å². The Morgan fingerprint density at radius 1 is 1.19 bits per heavy atom. The van der Waals surface area contributed by atoms with Crippen LogP contribution in [0, 0.1) is 6.92 Å². The van der Waals surface area contributed by atoms with Crippen molar-refractivity contribution in [3.8, 4) is 0 Å². The first-order chi connectivity index (χ1) is 13.1. The zero-order valence-electron chi connectivity index (χ0n) is 15.5. The first kappa shape index (κ1) is 19.7. The molecule has 0 N–H and O–H groups in total. The van der Waals surface area contributed by atoms with Crippen LogP contribution >= 0.6 is 23.1 Å². The van der Waals surface area contributed by atoms with Crippen molar-refractivity contribution in [2.45, 2.75) is 24.5 Å². The molecule has 0 spiro atoms. The molecule has 144 valence electrons. The Balaban J connectivity index is 1.62. The number of ether oxygens (including phenoxy) is 1. The van der Waals surface area contributed by atoms with Crippen LogP contribution in [0.4, 0.5) is 4.79 Å². The number of rotatable bonds is 5. The summed E-state index contributed by atoms with van der Waals surface area (Å²) in [7, 11) is 0. The lowest BCUT2D eigenvalue weighted by Crippen LogP contribution is -2.50. The summed E-state index contributed by atoms with van der Waals surface area (Å²) in [5.41, 5.74) is 1.74. The number of aromatic nitrogens is 1. The fourth-order valence-electron chi connectivity index (χ4n) is 2.87. The molecule has 27 heavy (non-hydrogen) atoms. The average molecular weight is 406 g/mol. The summed E-state index contributed by atoms with van der Waals surface area (Å²) in [6, 6.07) is 7.68. The maximum atomic E-state index is 13.0. The minimum Gasteiger partial charge on any atom is -0.450 e. The average Bonchev–Trinajstić information content (AvgIpc) is 3.11. The quantitative estimate of drug-likeness (QED) is 0.711. The van der Waals surface area contributed by atoms with Gasteiger partial charge in [0.2, 0.25) is 0 Å². The van der Waals surface area contributed by atoms with E-state index in [1.807, 2.05) is 36.1 Å². The fraction of sp³-hybridized carbons (Fsp3) is 0.421. The van der Waals surface area contributed by atoms with Gasteiger partial charge in [0.25, 0.3) is 5.91 Å². The summed E-state index contributed by atoms with van der Waals surface area (Å²) in [4.78, 5) is 33.7. The van der Waals surface area contributed by atoms with Crippen LogP contribution in [-0.4, -0.2) is 59.6 Å². The molecule has 1 aliphatic rings. The minimum absolute atomic E-state index is 0.0102. The topological polar surface area (TPSA) is 62.7 Å². The van der Waals surface area contributed by atoms with Crippen LogP contribution in [0.3, 0.4) is 0 Å². The number of carbonyl (C=O) groups excluding carboxylic acids is 2. The maximum Gasteiger partial charge on any atom is 0.409 e. The largest absolute Gasteiger partial charge is 0.450 e. The van der Waals surface area contributed by atoms with Crippen molar-refractivity contribution < 1.29 is 14.3 Å². The Kier molecular flexibility index (Phi) is 6.73. The van der Waals surface area contributed by atoms with Gasteiger partial charge in [-0.2, -0.15) is 0 Å². The lowest BCUT2D eigenvalue weighted by atomic mass is 10.2. The number of nitrogens with zero attached hydrogens (tertiary/aromatic N) is 3. The van der Waals surface area contributed by atoms with E-state index in [1.54, 1.807) is 34.9 Å². The summed E-state index contributed by atoms with van der Waals surface area (Å²) in [5.74, 6) is 0.752. The smallest absolute Gasteiger partial charge is 0.409 e. The second-order valence-electron chi connectivity index (χ2n) is 6.12. The van der Waals surface area contributed by atoms with E-state index in [2.05, 4.69) is 10.4 Å². The monoisotopic (exact) mass is 405 g/mol. The highest BCUT2D eigenvalue weighted by Gasteiger charge is 2.26. The SMILES string of the molecule is CCOC(=O)N1CCN(C(=O)c2ccccc2SCc2csc(C)n2)CC1. The minimum atomic E-state index is -0.306. The fourth-order valence-corrected chi connectivity index (χ4v) is 4.53. The Labute approximate surface area is 167 Å². The van der Waals surface area contributed by atoms with E-state index in [4.69, 9.17) is 4.74 Å². The molecule has 0 bridgehead atoms. The second-order valence-corrected chi connectivity index (χ2v) is 8.20. The molecule has 0 radical (unpaired) electrons. The zero-order valence-corrected chi connectivity index (χ0v) is 17.1. The predicted molar refractivity (Wildman–Crippen MR) is 107 cm³/mol. The lowest BCUT2D eigenvalue weighted by molar-refractivity contribution is 0.0568. The van der Waals surface area contributed by atoms with E-state index in [9.17, 15) is 9.59 Å². The molecule has 2 heterocycles. The first-order valence-corrected chi connectivity index (χ1v) is 10.8. The number of thioether (sulfide) groups is 1. The second kappa shape index (κ2) is 9.23. The highest BCUT2D eigenvalue weighted by molar-refractivity contribution is 7.98. The van der Waals surface area contributed by atoms with Gasteiger partial charge in [-0.05, 0) is 26.0 Å². The van der Waals surface area contributed by atoms with Crippen molar-refractivity contribution in [1.82, 2.24) is 14.8 Å². The molecular formula is C19H23N3O3S2. The third-order valence-corrected chi connectivity index (χ3v) is 6.18. The van der Waals surface area contributed by atoms with Gasteiger partial charge in [-0.15, -0.1) is 23.1 Å². The summed E-state index contributed by atoms with van der Waals surface area (Å²) in [5, 5.41) is 3.11. The summed E-state index contributed by atoms with van der Waals surface area (Å²) in [6.07, 6.45) is -0.306. The Bertz CT molecular complexity index is 801. The van der Waals surface area contributed by atoms with Crippen LogP contribution in [0.15, 0.2) is 34.5 Å². The highest BCUT2D eigenvalue weighted by atomic mass is 32.2. The molecule has 0 atom stereocenters. The third kappa shape index (κ3) is 5.01.